The molecule has 28 heavy (non-hydrogen) atoms. The fourth-order valence-corrected chi connectivity index (χ4v) is 4.24. The van der Waals surface area contributed by atoms with Gasteiger partial charge in [0.25, 0.3) is 0 Å². The lowest BCUT2D eigenvalue weighted by atomic mass is 9.80. The molecule has 0 unspecified atom stereocenters. The summed E-state index contributed by atoms with van der Waals surface area (Å²) in [5, 5.41) is 7.30. The Hall–Kier alpha value is -3.07. The highest BCUT2D eigenvalue weighted by Crippen LogP contribution is 2.48. The molecule has 1 aromatic carbocycles. The molecule has 0 spiro atoms. The maximum Gasteiger partial charge on any atom is 0.326 e. The van der Waals surface area contributed by atoms with Crippen molar-refractivity contribution in [1.82, 2.24) is 20.0 Å². The standard InChI is InChI=1S/C19H19FN4O4/c1-19(18(27)28-3)14-13(16(25)23(2)17(14)26)15(22-19)10-8-21-24(9-10)12-7-5-4-6-11(12)20/h4-9,13-15,22H,1-3H3/t13-,14-,15-,19-/m0/s1. The molecule has 1 N–H and O–H groups in total. The van der Waals surface area contributed by atoms with Gasteiger partial charge in [-0.3, -0.25) is 24.6 Å². The number of imide groups is 1. The molecule has 4 rings (SSSR count). The van der Waals surface area contributed by atoms with Crippen LogP contribution in [0.5, 0.6) is 0 Å². The van der Waals surface area contributed by atoms with E-state index in [9.17, 15) is 18.8 Å². The normalized spacial score (nSPS) is 29.3. The third kappa shape index (κ3) is 2.39. The van der Waals surface area contributed by atoms with Crippen LogP contribution in [0.3, 0.4) is 0 Å². The number of amides is 2. The average Bonchev–Trinajstić information content (AvgIpc) is 3.34. The van der Waals surface area contributed by atoms with Gasteiger partial charge in [-0.1, -0.05) is 12.1 Å². The van der Waals surface area contributed by atoms with Gasteiger partial charge < -0.3 is 4.74 Å². The minimum atomic E-state index is -1.36. The number of nitrogens with zero attached hydrogens (tertiary/aromatic N) is 3. The number of carbonyl (C=O) groups is 3. The highest BCUT2D eigenvalue weighted by Gasteiger charge is 2.66. The number of aromatic nitrogens is 2. The largest absolute Gasteiger partial charge is 0.468 e. The van der Waals surface area contributed by atoms with Crippen LogP contribution in [-0.2, 0) is 19.1 Å². The van der Waals surface area contributed by atoms with E-state index in [4.69, 9.17) is 4.74 Å². The smallest absolute Gasteiger partial charge is 0.326 e. The van der Waals surface area contributed by atoms with Crippen LogP contribution >= 0.6 is 0 Å². The number of benzene rings is 1. The SMILES string of the molecule is COC(=O)[C@@]1(C)N[C@@H](c2cnn(-c3ccccc3F)c2)[C@H]2C(=O)N(C)C(=O)[C@H]21. The third-order valence-corrected chi connectivity index (χ3v) is 5.68. The van der Waals surface area contributed by atoms with Crippen LogP contribution < -0.4 is 5.32 Å². The molecule has 2 saturated heterocycles. The second kappa shape index (κ2) is 6.23. The predicted octanol–water partition coefficient (Wildman–Crippen LogP) is 0.818. The van der Waals surface area contributed by atoms with Gasteiger partial charge in [0, 0.05) is 24.8 Å². The van der Waals surface area contributed by atoms with E-state index in [1.807, 2.05) is 0 Å². The highest BCUT2D eigenvalue weighted by atomic mass is 19.1. The summed E-state index contributed by atoms with van der Waals surface area (Å²) in [7, 11) is 2.64. The minimum absolute atomic E-state index is 0.255. The zero-order valence-electron chi connectivity index (χ0n) is 15.5. The van der Waals surface area contributed by atoms with Gasteiger partial charge in [0.2, 0.25) is 11.8 Å². The van der Waals surface area contributed by atoms with E-state index >= 15 is 0 Å². The van der Waals surface area contributed by atoms with Crippen LogP contribution in [0.2, 0.25) is 0 Å². The van der Waals surface area contributed by atoms with Crippen molar-refractivity contribution in [2.24, 2.45) is 11.8 Å². The molecule has 146 valence electrons. The molecule has 1 aromatic heterocycles. The van der Waals surface area contributed by atoms with Crippen LogP contribution in [-0.4, -0.2) is 52.2 Å². The molecule has 2 amide bonds. The maximum absolute atomic E-state index is 14.1. The van der Waals surface area contributed by atoms with Gasteiger partial charge in [-0.25, -0.2) is 9.07 Å². The number of rotatable bonds is 3. The van der Waals surface area contributed by atoms with E-state index in [-0.39, 0.29) is 11.6 Å². The first kappa shape index (κ1) is 18.3. The number of ether oxygens (including phenoxy) is 1. The van der Waals surface area contributed by atoms with Crippen LogP contribution in [0, 0.1) is 17.7 Å². The highest BCUT2D eigenvalue weighted by molar-refractivity contribution is 6.09. The van der Waals surface area contributed by atoms with Crippen molar-refractivity contribution in [2.45, 2.75) is 18.5 Å². The molecule has 0 aliphatic carbocycles. The van der Waals surface area contributed by atoms with Gasteiger partial charge in [-0.2, -0.15) is 5.10 Å². The predicted molar refractivity (Wildman–Crippen MR) is 94.6 cm³/mol. The van der Waals surface area contributed by atoms with Crippen molar-refractivity contribution in [3.8, 4) is 5.69 Å². The van der Waals surface area contributed by atoms with E-state index in [0.717, 1.165) is 4.90 Å². The number of likely N-dealkylation sites (tertiary alicyclic amines) is 1. The van der Waals surface area contributed by atoms with Crippen LogP contribution in [0.1, 0.15) is 18.5 Å². The number of para-hydroxylation sites is 1. The number of hydrogen-bond acceptors (Lipinski definition) is 6. The first-order chi connectivity index (χ1) is 13.3. The molecular weight excluding hydrogens is 367 g/mol. The van der Waals surface area contributed by atoms with Crippen molar-refractivity contribution in [2.75, 3.05) is 14.2 Å². The summed E-state index contributed by atoms with van der Waals surface area (Å²) in [6, 6.07) is 5.52. The van der Waals surface area contributed by atoms with Crippen LogP contribution in [0.15, 0.2) is 36.7 Å². The molecule has 9 heteroatoms. The molecule has 0 bridgehead atoms. The first-order valence-electron chi connectivity index (χ1n) is 8.76. The molecule has 2 aromatic rings. The van der Waals surface area contributed by atoms with Gasteiger partial charge in [0.15, 0.2) is 0 Å². The number of halogens is 1. The second-order valence-corrected chi connectivity index (χ2v) is 7.22. The van der Waals surface area contributed by atoms with E-state index in [2.05, 4.69) is 10.4 Å². The third-order valence-electron chi connectivity index (χ3n) is 5.68. The molecular formula is C19H19FN4O4. The molecule has 4 atom stereocenters. The minimum Gasteiger partial charge on any atom is -0.468 e. The Kier molecular flexibility index (Phi) is 4.07. The van der Waals surface area contributed by atoms with E-state index in [1.165, 1.54) is 31.1 Å². The van der Waals surface area contributed by atoms with E-state index in [1.54, 1.807) is 31.3 Å². The number of hydrogen-bond donors (Lipinski definition) is 1. The Morgan fingerprint density at radius 2 is 2.00 bits per heavy atom. The monoisotopic (exact) mass is 386 g/mol. The van der Waals surface area contributed by atoms with Crippen molar-refractivity contribution >= 4 is 17.8 Å². The quantitative estimate of drug-likeness (QED) is 0.620. The summed E-state index contributed by atoms with van der Waals surface area (Å²) >= 11 is 0. The zero-order valence-corrected chi connectivity index (χ0v) is 15.5. The Balaban J connectivity index is 1.76. The summed E-state index contributed by atoms with van der Waals surface area (Å²) in [4.78, 5) is 38.9. The Labute approximate surface area is 160 Å². The molecule has 0 saturated carbocycles. The van der Waals surface area contributed by atoms with Gasteiger partial charge in [-0.15, -0.1) is 0 Å². The molecule has 2 aliphatic rings. The Bertz CT molecular complexity index is 990. The molecule has 2 fully saturated rings. The molecule has 3 heterocycles. The van der Waals surface area contributed by atoms with Crippen molar-refractivity contribution in [3.05, 3.63) is 48.0 Å². The summed E-state index contributed by atoms with van der Waals surface area (Å²) < 4.78 is 20.3. The zero-order chi connectivity index (χ0) is 20.2. The lowest BCUT2D eigenvalue weighted by molar-refractivity contribution is -0.152. The maximum atomic E-state index is 14.1. The Morgan fingerprint density at radius 3 is 2.68 bits per heavy atom. The summed E-state index contributed by atoms with van der Waals surface area (Å²) in [6.45, 7) is 1.56. The van der Waals surface area contributed by atoms with Gasteiger partial charge in [-0.05, 0) is 19.1 Å². The number of methoxy groups -OCH3 is 1. The van der Waals surface area contributed by atoms with E-state index < -0.39 is 41.1 Å². The summed E-state index contributed by atoms with van der Waals surface area (Å²) in [5.41, 5.74) is -0.533. The fraction of sp³-hybridized carbons (Fsp3) is 0.368. The topological polar surface area (TPSA) is 93.5 Å². The number of nitrogens with one attached hydrogen (secondary N) is 1. The Morgan fingerprint density at radius 1 is 1.29 bits per heavy atom. The van der Waals surface area contributed by atoms with E-state index in [0.29, 0.717) is 5.56 Å². The van der Waals surface area contributed by atoms with Crippen LogP contribution in [0.4, 0.5) is 4.39 Å². The number of carbonyl (C=O) groups excluding carboxylic acids is 3. The first-order valence-corrected chi connectivity index (χ1v) is 8.76. The lowest BCUT2D eigenvalue weighted by Gasteiger charge is -2.27. The second-order valence-electron chi connectivity index (χ2n) is 7.22. The van der Waals surface area contributed by atoms with Crippen molar-refractivity contribution in [3.63, 3.8) is 0 Å². The summed E-state index contributed by atoms with van der Waals surface area (Å²) in [5.74, 6) is -3.54. The van der Waals surface area contributed by atoms with Crippen molar-refractivity contribution in [1.29, 1.82) is 0 Å². The van der Waals surface area contributed by atoms with Crippen LogP contribution in [0.25, 0.3) is 5.69 Å². The molecule has 8 nitrogen and oxygen atoms in total. The molecule has 0 radical (unpaired) electrons. The number of fused-ring (bicyclic) bond motifs is 1. The average molecular weight is 386 g/mol. The van der Waals surface area contributed by atoms with Gasteiger partial charge in [0.1, 0.15) is 17.0 Å². The fourth-order valence-electron chi connectivity index (χ4n) is 4.24. The van der Waals surface area contributed by atoms with Crippen molar-refractivity contribution < 1.29 is 23.5 Å². The summed E-state index contributed by atoms with van der Waals surface area (Å²) in [6.07, 6.45) is 3.09. The van der Waals surface area contributed by atoms with Gasteiger partial charge >= 0.3 is 5.97 Å². The lowest BCUT2D eigenvalue weighted by Crippen LogP contribution is -2.53. The molecule has 2 aliphatic heterocycles. The number of esters is 1. The van der Waals surface area contributed by atoms with Gasteiger partial charge in [0.05, 0.1) is 25.1 Å².